The first-order valence-corrected chi connectivity index (χ1v) is 12.3. The summed E-state index contributed by atoms with van der Waals surface area (Å²) in [5.41, 5.74) is 18.7. The summed E-state index contributed by atoms with van der Waals surface area (Å²) < 4.78 is 2.53. The van der Waals surface area contributed by atoms with Crippen LogP contribution in [0.25, 0.3) is 49.7 Å². The van der Waals surface area contributed by atoms with E-state index in [9.17, 15) is 0 Å². The van der Waals surface area contributed by atoms with Gasteiger partial charge in [-0.25, -0.2) is 0 Å². The Balaban J connectivity index is 1.32. The summed E-state index contributed by atoms with van der Waals surface area (Å²) in [6.07, 6.45) is 3.09. The molecule has 34 heavy (non-hydrogen) atoms. The molecular weight excluding hydrogens is 410 g/mol. The number of hydrogen-bond donors (Lipinski definition) is 0. The van der Waals surface area contributed by atoms with Crippen molar-refractivity contribution in [3.05, 3.63) is 124 Å². The monoisotopic (exact) mass is 431 g/mol. The Hall–Kier alpha value is -4.10. The summed E-state index contributed by atoms with van der Waals surface area (Å²) in [4.78, 5) is 0. The number of fused-ring (bicyclic) bond motifs is 12. The molecule has 1 aliphatic heterocycles. The molecule has 0 radical (unpaired) electrons. The fraction of sp³-hybridized carbons (Fsp3) is 0.0909. The molecule has 0 saturated carbocycles. The minimum Gasteiger partial charge on any atom is -0.309 e. The van der Waals surface area contributed by atoms with Crippen LogP contribution in [0.2, 0.25) is 0 Å². The zero-order chi connectivity index (χ0) is 22.0. The van der Waals surface area contributed by atoms with Gasteiger partial charge in [0.25, 0.3) is 0 Å². The number of aromatic nitrogens is 1. The van der Waals surface area contributed by atoms with Crippen LogP contribution in [0.1, 0.15) is 33.4 Å². The maximum Gasteiger partial charge on any atom is 0.0576 e. The Morgan fingerprint density at radius 1 is 0.500 bits per heavy atom. The van der Waals surface area contributed by atoms with Crippen LogP contribution in [-0.2, 0) is 19.3 Å². The van der Waals surface area contributed by atoms with Crippen LogP contribution >= 0.6 is 0 Å². The van der Waals surface area contributed by atoms with E-state index in [0.717, 1.165) is 19.3 Å². The van der Waals surface area contributed by atoms with E-state index in [0.29, 0.717) is 0 Å². The second-order valence-corrected chi connectivity index (χ2v) is 10.1. The second-order valence-electron chi connectivity index (χ2n) is 10.1. The number of rotatable bonds is 0. The first-order valence-electron chi connectivity index (χ1n) is 12.3. The molecule has 5 aromatic carbocycles. The number of benzene rings is 5. The second kappa shape index (κ2) is 5.87. The molecule has 9 rings (SSSR count). The molecule has 3 aliphatic rings. The van der Waals surface area contributed by atoms with Crippen molar-refractivity contribution in [2.24, 2.45) is 0 Å². The predicted octanol–water partition coefficient (Wildman–Crippen LogP) is 7.83. The molecule has 2 aliphatic carbocycles. The van der Waals surface area contributed by atoms with Crippen LogP contribution in [0, 0.1) is 0 Å². The highest BCUT2D eigenvalue weighted by Crippen LogP contribution is 2.49. The van der Waals surface area contributed by atoms with Gasteiger partial charge in [0.1, 0.15) is 0 Å². The Morgan fingerprint density at radius 2 is 1.32 bits per heavy atom. The molecule has 0 fully saturated rings. The van der Waals surface area contributed by atoms with Gasteiger partial charge in [0.05, 0.1) is 16.7 Å². The van der Waals surface area contributed by atoms with Crippen LogP contribution in [-0.4, -0.2) is 4.57 Å². The Kier molecular flexibility index (Phi) is 3.00. The average molecular weight is 432 g/mol. The molecule has 1 nitrogen and oxygen atoms in total. The quantitative estimate of drug-likeness (QED) is 0.231. The summed E-state index contributed by atoms with van der Waals surface area (Å²) in [5, 5.41) is 2.73. The molecule has 1 heteroatoms. The van der Waals surface area contributed by atoms with Gasteiger partial charge in [0, 0.05) is 17.2 Å². The van der Waals surface area contributed by atoms with E-state index in [1.54, 1.807) is 0 Å². The lowest BCUT2D eigenvalue weighted by molar-refractivity contribution is 1.04. The summed E-state index contributed by atoms with van der Waals surface area (Å²) >= 11 is 0. The highest BCUT2D eigenvalue weighted by atomic mass is 15.0. The number of hydrogen-bond acceptors (Lipinski definition) is 0. The molecule has 1 aromatic heterocycles. The Labute approximate surface area is 197 Å². The average Bonchev–Trinajstić information content (AvgIpc) is 3.53. The highest BCUT2D eigenvalue weighted by Gasteiger charge is 2.30. The highest BCUT2D eigenvalue weighted by molar-refractivity contribution is 6.11. The SMILES string of the molecule is c1ccc2c(c1)Cc1c-2ccc2c1-c1cc3c(cc1C2)-n1c2ccccc2c2cccc(c21)C3. The number of para-hydroxylation sites is 2. The lowest BCUT2D eigenvalue weighted by Crippen LogP contribution is -2.08. The van der Waals surface area contributed by atoms with Crippen LogP contribution in [0.3, 0.4) is 0 Å². The van der Waals surface area contributed by atoms with Crippen molar-refractivity contribution in [1.82, 2.24) is 4.57 Å². The first kappa shape index (κ1) is 17.4. The van der Waals surface area contributed by atoms with E-state index in [1.165, 1.54) is 83.1 Å². The van der Waals surface area contributed by atoms with Crippen molar-refractivity contribution in [2.45, 2.75) is 19.3 Å². The van der Waals surface area contributed by atoms with E-state index in [-0.39, 0.29) is 0 Å². The maximum atomic E-state index is 2.53. The van der Waals surface area contributed by atoms with Crippen molar-refractivity contribution in [1.29, 1.82) is 0 Å². The third kappa shape index (κ3) is 1.98. The van der Waals surface area contributed by atoms with Crippen molar-refractivity contribution in [2.75, 3.05) is 0 Å². The minimum absolute atomic E-state index is 1.00. The molecule has 0 unspecified atom stereocenters. The molecule has 0 N–H and O–H groups in total. The van der Waals surface area contributed by atoms with Crippen LogP contribution < -0.4 is 0 Å². The predicted molar refractivity (Wildman–Crippen MR) is 140 cm³/mol. The van der Waals surface area contributed by atoms with Crippen molar-refractivity contribution >= 4 is 21.8 Å². The first-order chi connectivity index (χ1) is 16.8. The van der Waals surface area contributed by atoms with Gasteiger partial charge >= 0.3 is 0 Å². The molecule has 0 atom stereocenters. The molecule has 0 bridgehead atoms. The summed E-state index contributed by atoms with van der Waals surface area (Å²) in [6, 6.07) is 34.4. The summed E-state index contributed by atoms with van der Waals surface area (Å²) in [6.45, 7) is 0. The molecule has 2 heterocycles. The Morgan fingerprint density at radius 3 is 2.32 bits per heavy atom. The zero-order valence-corrected chi connectivity index (χ0v) is 18.7. The third-order valence-corrected chi connectivity index (χ3v) is 8.43. The van der Waals surface area contributed by atoms with E-state index in [4.69, 9.17) is 0 Å². The van der Waals surface area contributed by atoms with Gasteiger partial charge in [-0.2, -0.15) is 0 Å². The maximum absolute atomic E-state index is 2.53. The standard InChI is InChI=1S/C33H21N/c1-2-8-24-19(6-1)16-29-25(24)13-12-20-14-22-18-31-23(17-28(22)32(20)29)15-21-7-5-10-27-26-9-3-4-11-30(26)34(31)33(21)27/h1-13,17-18H,14-16H2. The lowest BCUT2D eigenvalue weighted by atomic mass is 9.91. The third-order valence-electron chi connectivity index (χ3n) is 8.43. The van der Waals surface area contributed by atoms with E-state index < -0.39 is 0 Å². The minimum atomic E-state index is 1.00. The molecular formula is C33H21N. The van der Waals surface area contributed by atoms with Gasteiger partial charge in [-0.1, -0.05) is 72.8 Å². The largest absolute Gasteiger partial charge is 0.309 e. The van der Waals surface area contributed by atoms with Gasteiger partial charge in [-0.05, 0) is 86.7 Å². The van der Waals surface area contributed by atoms with E-state index >= 15 is 0 Å². The lowest BCUT2D eigenvalue weighted by Gasteiger charge is -2.22. The van der Waals surface area contributed by atoms with Crippen molar-refractivity contribution in [3.63, 3.8) is 0 Å². The smallest absolute Gasteiger partial charge is 0.0576 e. The van der Waals surface area contributed by atoms with Crippen LogP contribution in [0.15, 0.2) is 91.0 Å². The van der Waals surface area contributed by atoms with E-state index in [2.05, 4.69) is 95.6 Å². The van der Waals surface area contributed by atoms with Crippen molar-refractivity contribution < 1.29 is 0 Å². The van der Waals surface area contributed by atoms with Gasteiger partial charge in [0.15, 0.2) is 0 Å². The van der Waals surface area contributed by atoms with Crippen molar-refractivity contribution in [3.8, 4) is 27.9 Å². The fourth-order valence-corrected chi connectivity index (χ4v) is 7.04. The van der Waals surface area contributed by atoms with Gasteiger partial charge in [-0.15, -0.1) is 0 Å². The van der Waals surface area contributed by atoms with Crippen LogP contribution in [0.4, 0.5) is 0 Å². The van der Waals surface area contributed by atoms with E-state index in [1.807, 2.05) is 0 Å². The zero-order valence-electron chi connectivity index (χ0n) is 18.7. The molecule has 6 aromatic rings. The molecule has 0 spiro atoms. The fourth-order valence-electron chi connectivity index (χ4n) is 7.04. The number of nitrogens with zero attached hydrogens (tertiary/aromatic N) is 1. The molecule has 158 valence electrons. The van der Waals surface area contributed by atoms with Gasteiger partial charge in [-0.3, -0.25) is 0 Å². The van der Waals surface area contributed by atoms with Gasteiger partial charge in [0.2, 0.25) is 0 Å². The Bertz CT molecular complexity index is 1880. The van der Waals surface area contributed by atoms with Crippen LogP contribution in [0.5, 0.6) is 0 Å². The molecule has 0 amide bonds. The normalized spacial score (nSPS) is 14.1. The summed E-state index contributed by atoms with van der Waals surface area (Å²) in [5.74, 6) is 0. The van der Waals surface area contributed by atoms with Gasteiger partial charge < -0.3 is 4.57 Å². The molecule has 0 saturated heterocycles. The topological polar surface area (TPSA) is 4.93 Å². The summed E-state index contributed by atoms with van der Waals surface area (Å²) in [7, 11) is 0.